The minimum absolute atomic E-state index is 0.0874. The van der Waals surface area contributed by atoms with Crippen molar-refractivity contribution in [1.29, 1.82) is 0 Å². The Morgan fingerprint density at radius 3 is 2.42 bits per heavy atom. The molecule has 0 aliphatic carbocycles. The molecular formula is C18H17Cl2NO3. The first-order chi connectivity index (χ1) is 11.6. The molecule has 0 spiro atoms. The zero-order valence-electron chi connectivity index (χ0n) is 13.0. The second kappa shape index (κ2) is 7.88. The highest BCUT2D eigenvalue weighted by Gasteiger charge is 2.29. The summed E-state index contributed by atoms with van der Waals surface area (Å²) in [5.41, 5.74) is 0.792. The number of carbonyl (C=O) groups is 1. The Hall–Kier alpha value is -1.75. The van der Waals surface area contributed by atoms with E-state index in [1.54, 1.807) is 23.1 Å². The van der Waals surface area contributed by atoms with E-state index in [1.807, 2.05) is 30.3 Å². The lowest BCUT2D eigenvalue weighted by Gasteiger charge is -2.30. The van der Waals surface area contributed by atoms with Crippen LogP contribution in [0.5, 0.6) is 5.75 Å². The summed E-state index contributed by atoms with van der Waals surface area (Å²) in [6.45, 7) is 2.21. The molecule has 6 heteroatoms. The van der Waals surface area contributed by atoms with Crippen LogP contribution in [0, 0.1) is 0 Å². The van der Waals surface area contributed by atoms with E-state index in [4.69, 9.17) is 32.7 Å². The fourth-order valence-electron chi connectivity index (χ4n) is 2.52. The van der Waals surface area contributed by atoms with Gasteiger partial charge in [0.25, 0.3) is 5.91 Å². The van der Waals surface area contributed by atoms with Crippen molar-refractivity contribution in [3.8, 4) is 5.75 Å². The lowest BCUT2D eigenvalue weighted by molar-refractivity contribution is -0.143. The van der Waals surface area contributed by atoms with Crippen LogP contribution < -0.4 is 4.74 Å². The van der Waals surface area contributed by atoms with Crippen molar-refractivity contribution >= 4 is 29.1 Å². The van der Waals surface area contributed by atoms with Gasteiger partial charge in [-0.2, -0.15) is 0 Å². The second-order valence-electron chi connectivity index (χ2n) is 5.42. The average Bonchev–Trinajstić information content (AvgIpc) is 2.63. The molecule has 1 saturated heterocycles. The smallest absolute Gasteiger partial charge is 0.268 e. The lowest BCUT2D eigenvalue weighted by Crippen LogP contribution is -2.44. The van der Waals surface area contributed by atoms with E-state index in [9.17, 15) is 4.79 Å². The zero-order valence-corrected chi connectivity index (χ0v) is 14.5. The number of ether oxygens (including phenoxy) is 2. The number of hydrogen-bond donors (Lipinski definition) is 0. The summed E-state index contributed by atoms with van der Waals surface area (Å²) in [7, 11) is 0. The number of benzene rings is 2. The number of nitrogens with zero attached hydrogens (tertiary/aromatic N) is 1. The predicted octanol–water partition coefficient (Wildman–Crippen LogP) is 3.97. The number of carbonyl (C=O) groups excluding carboxylic acids is 1. The van der Waals surface area contributed by atoms with Gasteiger partial charge in [-0.05, 0) is 12.1 Å². The van der Waals surface area contributed by atoms with Crippen molar-refractivity contribution in [2.45, 2.75) is 6.10 Å². The topological polar surface area (TPSA) is 38.8 Å². The first-order valence-corrected chi connectivity index (χ1v) is 8.44. The Balaban J connectivity index is 1.87. The van der Waals surface area contributed by atoms with Crippen LogP contribution in [-0.4, -0.2) is 37.1 Å². The van der Waals surface area contributed by atoms with Crippen LogP contribution in [0.25, 0.3) is 0 Å². The van der Waals surface area contributed by atoms with Crippen LogP contribution in [0.4, 0.5) is 0 Å². The second-order valence-corrected chi connectivity index (χ2v) is 6.24. The Morgan fingerprint density at radius 2 is 1.75 bits per heavy atom. The van der Waals surface area contributed by atoms with Crippen molar-refractivity contribution < 1.29 is 14.3 Å². The van der Waals surface area contributed by atoms with Gasteiger partial charge >= 0.3 is 0 Å². The summed E-state index contributed by atoms with van der Waals surface area (Å²) < 4.78 is 11.3. The van der Waals surface area contributed by atoms with Crippen molar-refractivity contribution in [2.75, 3.05) is 26.3 Å². The molecular weight excluding hydrogens is 349 g/mol. The molecule has 0 unspecified atom stereocenters. The van der Waals surface area contributed by atoms with Gasteiger partial charge in [-0.1, -0.05) is 53.5 Å². The van der Waals surface area contributed by atoms with Gasteiger partial charge in [-0.15, -0.1) is 0 Å². The minimum atomic E-state index is -0.735. The van der Waals surface area contributed by atoms with E-state index in [2.05, 4.69) is 0 Å². The fourth-order valence-corrected chi connectivity index (χ4v) is 2.81. The molecule has 1 aliphatic heterocycles. The fraction of sp³-hybridized carbons (Fsp3) is 0.278. The van der Waals surface area contributed by atoms with Crippen LogP contribution >= 0.6 is 23.2 Å². The Morgan fingerprint density at radius 1 is 1.04 bits per heavy atom. The number of amides is 1. The van der Waals surface area contributed by atoms with Crippen molar-refractivity contribution in [1.82, 2.24) is 4.90 Å². The summed E-state index contributed by atoms with van der Waals surface area (Å²) in [4.78, 5) is 14.7. The Kier molecular flexibility index (Phi) is 5.61. The van der Waals surface area contributed by atoms with Gasteiger partial charge in [0.1, 0.15) is 5.75 Å². The molecule has 1 atom stereocenters. The molecule has 0 saturated carbocycles. The molecule has 0 N–H and O–H groups in total. The van der Waals surface area contributed by atoms with Crippen molar-refractivity contribution in [3.63, 3.8) is 0 Å². The molecule has 0 bridgehead atoms. The maximum Gasteiger partial charge on any atom is 0.268 e. The van der Waals surface area contributed by atoms with E-state index in [0.29, 0.717) is 42.1 Å². The highest BCUT2D eigenvalue weighted by Crippen LogP contribution is 2.30. The van der Waals surface area contributed by atoms with Gasteiger partial charge in [-0.25, -0.2) is 0 Å². The van der Waals surface area contributed by atoms with Crippen LogP contribution in [0.15, 0.2) is 48.5 Å². The summed E-state index contributed by atoms with van der Waals surface area (Å²) in [5, 5.41) is 0.833. The molecule has 0 aromatic heterocycles. The lowest BCUT2D eigenvalue weighted by atomic mass is 10.1. The molecule has 1 heterocycles. The van der Waals surface area contributed by atoms with Crippen molar-refractivity contribution in [2.24, 2.45) is 0 Å². The average molecular weight is 366 g/mol. The third kappa shape index (κ3) is 4.01. The first-order valence-electron chi connectivity index (χ1n) is 7.68. The molecule has 1 fully saturated rings. The van der Waals surface area contributed by atoms with Gasteiger partial charge in [0, 0.05) is 24.7 Å². The molecule has 0 radical (unpaired) electrons. The molecule has 4 nitrogen and oxygen atoms in total. The van der Waals surface area contributed by atoms with Crippen LogP contribution in [0.2, 0.25) is 10.0 Å². The van der Waals surface area contributed by atoms with E-state index in [-0.39, 0.29) is 5.91 Å². The Labute approximate surface area is 150 Å². The normalized spacial score (nSPS) is 15.8. The minimum Gasteiger partial charge on any atom is -0.476 e. The number of hydrogen-bond acceptors (Lipinski definition) is 3. The van der Waals surface area contributed by atoms with E-state index in [0.717, 1.165) is 5.56 Å². The monoisotopic (exact) mass is 365 g/mol. The maximum absolute atomic E-state index is 12.9. The zero-order chi connectivity index (χ0) is 16.9. The summed E-state index contributed by atoms with van der Waals surface area (Å²) in [6.07, 6.45) is -0.735. The van der Waals surface area contributed by atoms with E-state index >= 15 is 0 Å². The Bertz CT molecular complexity index is 703. The largest absolute Gasteiger partial charge is 0.476 e. The molecule has 1 amide bonds. The standard InChI is InChI=1S/C18H17Cl2NO3/c19-15-7-6-14(12-16(15)20)24-17(13-4-2-1-3-5-13)18(22)21-8-10-23-11-9-21/h1-7,12,17H,8-11H2/t17-/m1/s1. The van der Waals surface area contributed by atoms with Crippen LogP contribution in [0.3, 0.4) is 0 Å². The van der Waals surface area contributed by atoms with Gasteiger partial charge < -0.3 is 14.4 Å². The third-order valence-electron chi connectivity index (χ3n) is 3.79. The number of rotatable bonds is 4. The van der Waals surface area contributed by atoms with E-state index < -0.39 is 6.10 Å². The van der Waals surface area contributed by atoms with Crippen molar-refractivity contribution in [3.05, 3.63) is 64.1 Å². The van der Waals surface area contributed by atoms with Crippen LogP contribution in [0.1, 0.15) is 11.7 Å². The molecule has 3 rings (SSSR count). The van der Waals surface area contributed by atoms with Gasteiger partial charge in [-0.3, -0.25) is 4.79 Å². The third-order valence-corrected chi connectivity index (χ3v) is 4.53. The maximum atomic E-state index is 12.9. The first kappa shape index (κ1) is 17.1. The quantitative estimate of drug-likeness (QED) is 0.822. The van der Waals surface area contributed by atoms with Gasteiger partial charge in [0.05, 0.1) is 23.3 Å². The highest BCUT2D eigenvalue weighted by molar-refractivity contribution is 6.42. The van der Waals surface area contributed by atoms with E-state index in [1.165, 1.54) is 0 Å². The SMILES string of the molecule is O=C([C@H](Oc1ccc(Cl)c(Cl)c1)c1ccccc1)N1CCOCC1. The molecule has 1 aliphatic rings. The molecule has 126 valence electrons. The van der Waals surface area contributed by atoms with Gasteiger partial charge in [0.2, 0.25) is 6.10 Å². The summed E-state index contributed by atoms with van der Waals surface area (Å²) in [5.74, 6) is 0.412. The molecule has 2 aromatic rings. The molecule has 24 heavy (non-hydrogen) atoms. The van der Waals surface area contributed by atoms with Crippen LogP contribution in [-0.2, 0) is 9.53 Å². The molecule has 2 aromatic carbocycles. The highest BCUT2D eigenvalue weighted by atomic mass is 35.5. The number of halogens is 2. The number of morpholine rings is 1. The summed E-state index contributed by atoms with van der Waals surface area (Å²) >= 11 is 12.0. The van der Waals surface area contributed by atoms with Gasteiger partial charge in [0.15, 0.2) is 0 Å². The predicted molar refractivity (Wildman–Crippen MR) is 93.7 cm³/mol. The summed E-state index contributed by atoms with van der Waals surface area (Å²) in [6, 6.07) is 14.4.